The van der Waals surface area contributed by atoms with Crippen molar-refractivity contribution in [1.29, 1.82) is 5.26 Å². The Bertz CT molecular complexity index is 1680. The van der Waals surface area contributed by atoms with Gasteiger partial charge < -0.3 is 14.8 Å². The van der Waals surface area contributed by atoms with Crippen molar-refractivity contribution in [2.75, 3.05) is 5.32 Å². The molecule has 0 fully saturated rings. The molecule has 1 atom stereocenters. The Kier molecular flexibility index (Phi) is 9.60. The third-order valence-corrected chi connectivity index (χ3v) is 6.57. The van der Waals surface area contributed by atoms with E-state index in [9.17, 15) is 14.7 Å². The maximum absolute atomic E-state index is 13.3. The molecule has 0 spiro atoms. The molecule has 0 aliphatic heterocycles. The molecular formula is C32H31N2O4P. The standard InChI is InChI=1S/C27H25NO4.C5H6NP/c1-15-8-7-9-19(12-15)25-17(3)24(29)22-14-16(2)13-21(26(22)32-25)18(4)28-23-11-6-5-10-20(23)27(30)31;1-2-5(3-6)4-7/h5-14,18,28H,1-4H3,(H,30,31);2,4,7H,1H3/b;5-2-. The Balaban J connectivity index is 0.000000532. The predicted molar refractivity (Wildman–Crippen MR) is 161 cm³/mol. The Morgan fingerprint density at radius 1 is 1.08 bits per heavy atom. The minimum atomic E-state index is -1.00. The second kappa shape index (κ2) is 12.9. The van der Waals surface area contributed by atoms with E-state index in [0.29, 0.717) is 33.6 Å². The van der Waals surface area contributed by atoms with Crippen molar-refractivity contribution in [3.05, 3.63) is 110 Å². The van der Waals surface area contributed by atoms with Crippen LogP contribution in [0.1, 0.15) is 52.5 Å². The summed E-state index contributed by atoms with van der Waals surface area (Å²) in [5.74, 6) is 1.13. The summed E-state index contributed by atoms with van der Waals surface area (Å²) in [6.45, 7) is 9.47. The number of nitriles is 1. The highest BCUT2D eigenvalue weighted by atomic mass is 31.0. The maximum Gasteiger partial charge on any atom is 0.337 e. The highest BCUT2D eigenvalue weighted by molar-refractivity contribution is 7.19. The van der Waals surface area contributed by atoms with Crippen molar-refractivity contribution < 1.29 is 14.3 Å². The van der Waals surface area contributed by atoms with E-state index in [-0.39, 0.29) is 17.0 Å². The Morgan fingerprint density at radius 2 is 1.79 bits per heavy atom. The molecule has 0 saturated carbocycles. The van der Waals surface area contributed by atoms with Gasteiger partial charge in [0.2, 0.25) is 0 Å². The Morgan fingerprint density at radius 3 is 2.38 bits per heavy atom. The van der Waals surface area contributed by atoms with Gasteiger partial charge >= 0.3 is 5.97 Å². The maximum atomic E-state index is 13.3. The lowest BCUT2D eigenvalue weighted by Crippen LogP contribution is -2.14. The van der Waals surface area contributed by atoms with Gasteiger partial charge in [0.25, 0.3) is 0 Å². The van der Waals surface area contributed by atoms with Gasteiger partial charge in [0.15, 0.2) is 5.43 Å². The number of carboxylic acid groups (broad SMARTS) is 1. The highest BCUT2D eigenvalue weighted by Crippen LogP contribution is 2.32. The molecule has 1 heterocycles. The molecule has 0 bridgehead atoms. The van der Waals surface area contributed by atoms with Crippen molar-refractivity contribution in [2.24, 2.45) is 0 Å². The van der Waals surface area contributed by atoms with Crippen molar-refractivity contribution in [3.63, 3.8) is 0 Å². The first kappa shape index (κ1) is 29.1. The van der Waals surface area contributed by atoms with E-state index in [1.807, 2.05) is 70.2 Å². The fourth-order valence-electron chi connectivity index (χ4n) is 4.24. The van der Waals surface area contributed by atoms with Crippen molar-refractivity contribution in [2.45, 2.75) is 40.7 Å². The van der Waals surface area contributed by atoms with Gasteiger partial charge in [0, 0.05) is 22.4 Å². The topological polar surface area (TPSA) is 103 Å². The van der Waals surface area contributed by atoms with E-state index in [2.05, 4.69) is 14.2 Å². The third-order valence-electron chi connectivity index (χ3n) is 6.26. The summed E-state index contributed by atoms with van der Waals surface area (Å²) in [5.41, 5.74) is 6.02. The van der Waals surface area contributed by atoms with Gasteiger partial charge in [-0.25, -0.2) is 4.79 Å². The van der Waals surface area contributed by atoms with E-state index in [1.54, 1.807) is 43.1 Å². The number of anilines is 1. The second-order valence-electron chi connectivity index (χ2n) is 9.20. The SMILES string of the molecule is C/C=C(/C#N)C=P.Cc1cccc(-c2oc3c(C(C)Nc4ccccc4C(=O)O)cc(C)cc3c(=O)c2C)c1. The number of para-hydroxylation sites is 1. The zero-order valence-corrected chi connectivity index (χ0v) is 23.6. The first-order valence-corrected chi connectivity index (χ1v) is 13.0. The second-order valence-corrected chi connectivity index (χ2v) is 9.49. The number of benzene rings is 3. The van der Waals surface area contributed by atoms with Gasteiger partial charge in [-0.05, 0) is 70.2 Å². The number of fused-ring (bicyclic) bond motifs is 1. The Labute approximate surface area is 230 Å². The fraction of sp³-hybridized carbons (Fsp3) is 0.188. The van der Waals surface area contributed by atoms with Gasteiger partial charge in [-0.2, -0.15) is 5.26 Å². The number of aryl methyl sites for hydroxylation is 2. The minimum Gasteiger partial charge on any atom is -0.478 e. The van der Waals surface area contributed by atoms with Crippen molar-refractivity contribution >= 4 is 37.3 Å². The van der Waals surface area contributed by atoms with Crippen LogP contribution in [-0.2, 0) is 0 Å². The Hall–Kier alpha value is -4.46. The van der Waals surface area contributed by atoms with Crippen LogP contribution in [-0.4, -0.2) is 16.9 Å². The number of hydrogen-bond donors (Lipinski definition) is 2. The molecule has 0 saturated heterocycles. The molecule has 0 aliphatic carbocycles. The first-order chi connectivity index (χ1) is 18.6. The molecule has 4 aromatic rings. The minimum absolute atomic E-state index is 0.0640. The molecule has 0 radical (unpaired) electrons. The van der Waals surface area contributed by atoms with Crippen LogP contribution >= 0.6 is 8.86 Å². The van der Waals surface area contributed by atoms with E-state index >= 15 is 0 Å². The van der Waals surface area contributed by atoms with Gasteiger partial charge in [0.05, 0.1) is 28.6 Å². The third kappa shape index (κ3) is 6.71. The van der Waals surface area contributed by atoms with Crippen LogP contribution in [0.2, 0.25) is 0 Å². The lowest BCUT2D eigenvalue weighted by Gasteiger charge is -2.20. The lowest BCUT2D eigenvalue weighted by molar-refractivity contribution is 0.0698. The van der Waals surface area contributed by atoms with E-state index in [0.717, 1.165) is 22.3 Å². The number of nitrogens with one attached hydrogen (secondary N) is 1. The highest BCUT2D eigenvalue weighted by Gasteiger charge is 2.20. The normalized spacial score (nSPS) is 11.6. The van der Waals surface area contributed by atoms with E-state index in [1.165, 1.54) is 0 Å². The monoisotopic (exact) mass is 538 g/mol. The molecule has 39 heavy (non-hydrogen) atoms. The fourth-order valence-corrected chi connectivity index (χ4v) is 4.47. The van der Waals surface area contributed by atoms with Crippen LogP contribution in [0.5, 0.6) is 0 Å². The molecule has 0 aliphatic rings. The first-order valence-electron chi connectivity index (χ1n) is 12.4. The summed E-state index contributed by atoms with van der Waals surface area (Å²) in [5, 5.41) is 21.5. The quantitative estimate of drug-likeness (QED) is 0.193. The van der Waals surface area contributed by atoms with Crippen LogP contribution in [0.4, 0.5) is 5.69 Å². The smallest absolute Gasteiger partial charge is 0.337 e. The van der Waals surface area contributed by atoms with Crippen LogP contribution < -0.4 is 10.7 Å². The summed E-state index contributed by atoms with van der Waals surface area (Å²) in [7, 11) is 3.06. The summed E-state index contributed by atoms with van der Waals surface area (Å²) < 4.78 is 6.38. The van der Waals surface area contributed by atoms with Crippen LogP contribution in [0.3, 0.4) is 0 Å². The molecule has 7 heteroatoms. The van der Waals surface area contributed by atoms with Crippen LogP contribution in [0.25, 0.3) is 22.3 Å². The molecule has 4 rings (SSSR count). The zero-order valence-electron chi connectivity index (χ0n) is 22.6. The van der Waals surface area contributed by atoms with Crippen LogP contribution in [0.15, 0.2) is 81.5 Å². The molecule has 0 amide bonds. The predicted octanol–water partition coefficient (Wildman–Crippen LogP) is 7.66. The molecule has 3 aromatic carbocycles. The molecular weight excluding hydrogens is 507 g/mol. The average molecular weight is 539 g/mol. The van der Waals surface area contributed by atoms with Gasteiger partial charge in [-0.3, -0.25) is 4.79 Å². The number of carbonyl (C=O) groups is 1. The number of rotatable bonds is 6. The van der Waals surface area contributed by atoms with Crippen LogP contribution in [0, 0.1) is 32.1 Å². The zero-order chi connectivity index (χ0) is 28.7. The lowest BCUT2D eigenvalue weighted by atomic mass is 9.98. The van der Waals surface area contributed by atoms with E-state index in [4.69, 9.17) is 9.68 Å². The van der Waals surface area contributed by atoms with Crippen molar-refractivity contribution in [1.82, 2.24) is 0 Å². The molecule has 6 nitrogen and oxygen atoms in total. The number of aromatic carboxylic acids is 1. The van der Waals surface area contributed by atoms with Gasteiger partial charge in [-0.1, -0.05) is 48.0 Å². The van der Waals surface area contributed by atoms with E-state index < -0.39 is 5.97 Å². The number of allylic oxidation sites excluding steroid dienone is 2. The largest absolute Gasteiger partial charge is 0.478 e. The molecule has 1 aromatic heterocycles. The summed E-state index contributed by atoms with van der Waals surface area (Å²) in [4.78, 5) is 24.9. The summed E-state index contributed by atoms with van der Waals surface area (Å²) >= 11 is 0. The molecule has 198 valence electrons. The van der Waals surface area contributed by atoms with Gasteiger partial charge in [-0.15, -0.1) is 8.86 Å². The summed E-state index contributed by atoms with van der Waals surface area (Å²) in [6, 6.07) is 20.1. The number of nitrogens with zero attached hydrogens (tertiary/aromatic N) is 1. The number of carboxylic acids is 1. The number of hydrogen-bond acceptors (Lipinski definition) is 5. The molecule has 2 N–H and O–H groups in total. The molecule has 1 unspecified atom stereocenters. The average Bonchev–Trinajstić information content (AvgIpc) is 2.92. The van der Waals surface area contributed by atoms with Crippen molar-refractivity contribution in [3.8, 4) is 17.4 Å². The summed E-state index contributed by atoms with van der Waals surface area (Å²) in [6.07, 6.45) is 1.73. The van der Waals surface area contributed by atoms with Gasteiger partial charge in [0.1, 0.15) is 11.3 Å².